The van der Waals surface area contributed by atoms with Crippen molar-refractivity contribution in [1.82, 2.24) is 5.32 Å². The van der Waals surface area contributed by atoms with Crippen molar-refractivity contribution in [2.75, 3.05) is 6.54 Å². The third kappa shape index (κ3) is 2.19. The summed E-state index contributed by atoms with van der Waals surface area (Å²) < 4.78 is 0. The molecule has 1 aliphatic carbocycles. The lowest BCUT2D eigenvalue weighted by Crippen LogP contribution is -2.18. The van der Waals surface area contributed by atoms with Crippen molar-refractivity contribution in [3.8, 4) is 0 Å². The Kier molecular flexibility index (Phi) is 3.28. The highest BCUT2D eigenvalue weighted by atomic mass is 32.1. The van der Waals surface area contributed by atoms with Gasteiger partial charge in [0.05, 0.1) is 5.56 Å². The maximum absolute atomic E-state index is 11.0. The van der Waals surface area contributed by atoms with E-state index >= 15 is 0 Å². The topological polar surface area (TPSA) is 55.1 Å². The van der Waals surface area contributed by atoms with E-state index in [9.17, 15) is 4.79 Å². The minimum Gasteiger partial charge on any atom is -0.366 e. The maximum atomic E-state index is 11.0. The molecular weight excluding hydrogens is 244 g/mol. The highest BCUT2D eigenvalue weighted by Gasteiger charge is 2.63. The zero-order valence-corrected chi connectivity index (χ0v) is 12.4. The number of carbonyl (C=O) groups is 1. The average Bonchev–Trinajstić information content (AvgIpc) is 2.67. The van der Waals surface area contributed by atoms with Crippen molar-refractivity contribution in [2.24, 2.45) is 22.5 Å². The molecule has 2 rings (SSSR count). The Morgan fingerprint density at radius 3 is 2.44 bits per heavy atom. The molecule has 0 atom stereocenters. The van der Waals surface area contributed by atoms with Gasteiger partial charge in [0.1, 0.15) is 0 Å². The van der Waals surface area contributed by atoms with Crippen molar-refractivity contribution in [2.45, 2.75) is 34.2 Å². The van der Waals surface area contributed by atoms with E-state index in [2.05, 4.69) is 33.0 Å². The first-order valence-electron chi connectivity index (χ1n) is 6.34. The Hall–Kier alpha value is -0.870. The minimum absolute atomic E-state index is 0.345. The van der Waals surface area contributed by atoms with Gasteiger partial charge in [0.15, 0.2) is 0 Å². The predicted molar refractivity (Wildman–Crippen MR) is 75.6 cm³/mol. The van der Waals surface area contributed by atoms with Gasteiger partial charge in [-0.1, -0.05) is 27.7 Å². The molecule has 1 aromatic heterocycles. The van der Waals surface area contributed by atoms with E-state index in [4.69, 9.17) is 5.73 Å². The molecule has 3 nitrogen and oxygen atoms in total. The normalized spacial score (nSPS) is 20.9. The van der Waals surface area contributed by atoms with Crippen LogP contribution in [-0.4, -0.2) is 12.5 Å². The summed E-state index contributed by atoms with van der Waals surface area (Å²) in [5.41, 5.74) is 6.70. The van der Waals surface area contributed by atoms with Gasteiger partial charge >= 0.3 is 0 Å². The molecule has 100 valence electrons. The summed E-state index contributed by atoms with van der Waals surface area (Å²) in [6.07, 6.45) is 0. The average molecular weight is 266 g/mol. The molecule has 0 unspecified atom stereocenters. The van der Waals surface area contributed by atoms with Crippen LogP contribution in [0, 0.1) is 16.7 Å². The van der Waals surface area contributed by atoms with Gasteiger partial charge in [-0.25, -0.2) is 0 Å². The third-order valence-corrected chi connectivity index (χ3v) is 5.84. The summed E-state index contributed by atoms with van der Waals surface area (Å²) in [5, 5.41) is 5.31. The van der Waals surface area contributed by atoms with E-state index in [1.165, 1.54) is 4.88 Å². The van der Waals surface area contributed by atoms with Crippen molar-refractivity contribution in [3.05, 3.63) is 21.9 Å². The Morgan fingerprint density at radius 2 is 2.00 bits per heavy atom. The van der Waals surface area contributed by atoms with Gasteiger partial charge < -0.3 is 11.1 Å². The number of rotatable bonds is 5. The van der Waals surface area contributed by atoms with Gasteiger partial charge in [-0.15, -0.1) is 11.3 Å². The van der Waals surface area contributed by atoms with Gasteiger partial charge in [0.2, 0.25) is 5.91 Å². The second-order valence-electron chi connectivity index (χ2n) is 6.29. The Morgan fingerprint density at radius 1 is 1.39 bits per heavy atom. The monoisotopic (exact) mass is 266 g/mol. The van der Waals surface area contributed by atoms with Crippen LogP contribution in [0.3, 0.4) is 0 Å². The predicted octanol–water partition coefficient (Wildman–Crippen LogP) is 2.62. The molecule has 18 heavy (non-hydrogen) atoms. The highest BCUT2D eigenvalue weighted by molar-refractivity contribution is 7.10. The molecule has 1 aromatic rings. The maximum Gasteiger partial charge on any atom is 0.249 e. The molecule has 0 spiro atoms. The summed E-state index contributed by atoms with van der Waals surface area (Å²) in [5.74, 6) is 0.377. The zero-order chi connectivity index (χ0) is 13.6. The number of thiophene rings is 1. The van der Waals surface area contributed by atoms with Gasteiger partial charge in [-0.3, -0.25) is 4.79 Å². The summed E-state index contributed by atoms with van der Waals surface area (Å²) in [7, 11) is 0. The van der Waals surface area contributed by atoms with Gasteiger partial charge in [0, 0.05) is 16.8 Å². The molecule has 4 heteroatoms. The lowest BCUT2D eigenvalue weighted by atomic mass is 10.0. The molecule has 0 bridgehead atoms. The molecule has 1 fully saturated rings. The van der Waals surface area contributed by atoms with Crippen molar-refractivity contribution in [1.29, 1.82) is 0 Å². The van der Waals surface area contributed by atoms with E-state index in [1.54, 1.807) is 11.3 Å². The largest absolute Gasteiger partial charge is 0.366 e. The SMILES string of the molecule is CC1(C)C(CNCc2cc(C(N)=O)cs2)C1(C)C. The molecular formula is C14H22N2OS. The summed E-state index contributed by atoms with van der Waals surface area (Å²) in [6.45, 7) is 11.2. The summed E-state index contributed by atoms with van der Waals surface area (Å²) in [4.78, 5) is 12.2. The van der Waals surface area contributed by atoms with E-state index < -0.39 is 0 Å². The number of hydrogen-bond acceptors (Lipinski definition) is 3. The van der Waals surface area contributed by atoms with Crippen LogP contribution in [0.2, 0.25) is 0 Å². The Balaban J connectivity index is 1.81. The highest BCUT2D eigenvalue weighted by Crippen LogP contribution is 2.67. The first-order chi connectivity index (χ1) is 8.26. The number of hydrogen-bond donors (Lipinski definition) is 2. The summed E-state index contributed by atoms with van der Waals surface area (Å²) in [6, 6.07) is 1.88. The van der Waals surface area contributed by atoms with Crippen molar-refractivity contribution in [3.63, 3.8) is 0 Å². The van der Waals surface area contributed by atoms with Crippen LogP contribution in [0.4, 0.5) is 0 Å². The van der Waals surface area contributed by atoms with Crippen LogP contribution in [-0.2, 0) is 6.54 Å². The molecule has 1 heterocycles. The number of nitrogens with two attached hydrogens (primary N) is 1. The lowest BCUT2D eigenvalue weighted by Gasteiger charge is -2.04. The molecule has 0 aliphatic heterocycles. The molecule has 0 saturated heterocycles. The molecule has 1 aliphatic rings. The van der Waals surface area contributed by atoms with Gasteiger partial charge in [0.25, 0.3) is 0 Å². The summed E-state index contributed by atoms with van der Waals surface area (Å²) >= 11 is 1.59. The molecule has 0 aromatic carbocycles. The Bertz CT molecular complexity index is 448. The smallest absolute Gasteiger partial charge is 0.249 e. The zero-order valence-electron chi connectivity index (χ0n) is 11.5. The fourth-order valence-corrected chi connectivity index (χ4v) is 3.63. The Labute approximate surface area is 113 Å². The van der Waals surface area contributed by atoms with E-state index in [0.29, 0.717) is 16.4 Å². The van der Waals surface area contributed by atoms with E-state index in [1.807, 2.05) is 11.4 Å². The van der Waals surface area contributed by atoms with Crippen LogP contribution >= 0.6 is 11.3 Å². The fraction of sp³-hybridized carbons (Fsp3) is 0.643. The number of primary amides is 1. The minimum atomic E-state index is -0.345. The van der Waals surface area contributed by atoms with Gasteiger partial charge in [-0.05, 0) is 29.4 Å². The van der Waals surface area contributed by atoms with E-state index in [-0.39, 0.29) is 5.91 Å². The van der Waals surface area contributed by atoms with Crippen LogP contribution in [0.1, 0.15) is 42.9 Å². The van der Waals surface area contributed by atoms with Crippen LogP contribution in [0.5, 0.6) is 0 Å². The van der Waals surface area contributed by atoms with Crippen LogP contribution in [0.15, 0.2) is 11.4 Å². The molecule has 0 radical (unpaired) electrons. The standard InChI is InChI=1S/C14H22N2OS/c1-13(2)11(14(13,3)4)7-16-6-10-5-9(8-18-10)12(15)17/h5,8,11,16H,6-7H2,1-4H3,(H2,15,17). The van der Waals surface area contributed by atoms with Gasteiger partial charge in [-0.2, -0.15) is 0 Å². The van der Waals surface area contributed by atoms with Crippen LogP contribution in [0.25, 0.3) is 0 Å². The number of carbonyl (C=O) groups excluding carboxylic acids is 1. The quantitative estimate of drug-likeness (QED) is 0.860. The second kappa shape index (κ2) is 4.35. The molecule has 3 N–H and O–H groups in total. The van der Waals surface area contributed by atoms with Crippen LogP contribution < -0.4 is 11.1 Å². The first-order valence-corrected chi connectivity index (χ1v) is 7.22. The fourth-order valence-electron chi connectivity index (χ4n) is 2.79. The second-order valence-corrected chi connectivity index (χ2v) is 7.29. The first kappa shape index (κ1) is 13.6. The number of amides is 1. The van der Waals surface area contributed by atoms with Crippen molar-refractivity contribution >= 4 is 17.2 Å². The van der Waals surface area contributed by atoms with Crippen molar-refractivity contribution < 1.29 is 4.79 Å². The number of nitrogens with one attached hydrogen (secondary N) is 1. The third-order valence-electron chi connectivity index (χ3n) is 4.91. The molecule has 1 saturated carbocycles. The lowest BCUT2D eigenvalue weighted by molar-refractivity contribution is 0.100. The molecule has 1 amide bonds. The van der Waals surface area contributed by atoms with E-state index in [0.717, 1.165) is 19.0 Å².